The summed E-state index contributed by atoms with van der Waals surface area (Å²) in [4.78, 5) is 2.25. The summed E-state index contributed by atoms with van der Waals surface area (Å²) < 4.78 is 14.4. The summed E-state index contributed by atoms with van der Waals surface area (Å²) in [5.41, 5.74) is 9.07. The van der Waals surface area contributed by atoms with Gasteiger partial charge in [-0.05, 0) is 93.4 Å². The zero-order valence-corrected chi connectivity index (χ0v) is 26.9. The van der Waals surface area contributed by atoms with Crippen LogP contribution in [0.2, 0.25) is 0 Å². The number of hydrogen-bond donors (Lipinski definition) is 2. The van der Waals surface area contributed by atoms with Crippen LogP contribution in [0.15, 0.2) is 181 Å². The number of hydrogen-bond acceptors (Lipinski definition) is 3. The fraction of sp³-hybridized carbons (Fsp3) is 0.0714. The van der Waals surface area contributed by atoms with E-state index in [1.165, 1.54) is 27.6 Å². The van der Waals surface area contributed by atoms with E-state index in [9.17, 15) is 9.50 Å². The van der Waals surface area contributed by atoms with Crippen molar-refractivity contribution >= 4 is 17.9 Å². The summed E-state index contributed by atoms with van der Waals surface area (Å²) in [5, 5.41) is 14.2. The van der Waals surface area contributed by atoms with Crippen LogP contribution in [-0.2, 0) is 5.16 Å². The summed E-state index contributed by atoms with van der Waals surface area (Å²) in [6.07, 6.45) is 8.64. The number of benzene rings is 5. The smallest absolute Gasteiger partial charge is 0.123 e. The molecule has 0 aliphatic carbocycles. The van der Waals surface area contributed by atoms with E-state index in [1.807, 2.05) is 30.5 Å². The first-order valence-electron chi connectivity index (χ1n) is 15.8. The lowest BCUT2D eigenvalue weighted by Crippen LogP contribution is -2.37. The highest BCUT2D eigenvalue weighted by atomic mass is 31.2. The minimum atomic E-state index is -2.25. The first-order chi connectivity index (χ1) is 23.0. The van der Waals surface area contributed by atoms with Crippen LogP contribution in [0.4, 0.5) is 4.39 Å². The van der Waals surface area contributed by atoms with Crippen molar-refractivity contribution in [2.24, 2.45) is 0 Å². The Kier molecular flexibility index (Phi) is 7.12. The highest BCUT2D eigenvalue weighted by Gasteiger charge is 2.51. The average molecular weight is 633 g/mol. The second-order valence-electron chi connectivity index (χ2n) is 12.3. The number of allylic oxidation sites excluding steroid dienone is 3. The van der Waals surface area contributed by atoms with Crippen LogP contribution in [0.1, 0.15) is 27.8 Å². The van der Waals surface area contributed by atoms with Crippen molar-refractivity contribution < 1.29 is 9.50 Å². The monoisotopic (exact) mass is 632 g/mol. The van der Waals surface area contributed by atoms with Gasteiger partial charge in [-0.1, -0.05) is 122 Å². The zero-order chi connectivity index (χ0) is 32.0. The van der Waals surface area contributed by atoms with Crippen LogP contribution >= 0.6 is 6.89 Å². The van der Waals surface area contributed by atoms with Crippen molar-refractivity contribution in [1.29, 1.82) is 0 Å². The maximum atomic E-state index is 14.4. The molecule has 8 rings (SSSR count). The van der Waals surface area contributed by atoms with Crippen LogP contribution in [-0.4, -0.2) is 28.1 Å². The third-order valence-corrected chi connectivity index (χ3v) is 14.0. The first kappa shape index (κ1) is 29.1. The van der Waals surface area contributed by atoms with Gasteiger partial charge in [-0.2, -0.15) is 0 Å². The number of phenolic OH excluding ortho intramolecular Hbond substituents is 1. The molecule has 0 spiro atoms. The lowest BCUT2D eigenvalue weighted by atomic mass is 9.84. The van der Waals surface area contributed by atoms with Gasteiger partial charge in [0, 0.05) is 12.4 Å². The lowest BCUT2D eigenvalue weighted by Gasteiger charge is -2.51. The van der Waals surface area contributed by atoms with Gasteiger partial charge >= 0.3 is 0 Å². The molecule has 3 aliphatic heterocycles. The second kappa shape index (κ2) is 11.5. The molecule has 47 heavy (non-hydrogen) atoms. The first-order valence-corrected chi connectivity index (χ1v) is 18.1. The molecule has 0 saturated heterocycles. The van der Waals surface area contributed by atoms with Crippen molar-refractivity contribution in [3.63, 3.8) is 0 Å². The van der Waals surface area contributed by atoms with E-state index in [0.29, 0.717) is 0 Å². The van der Waals surface area contributed by atoms with Crippen molar-refractivity contribution in [2.75, 3.05) is 6.66 Å². The molecule has 5 aromatic rings. The largest absolute Gasteiger partial charge is 0.508 e. The zero-order valence-electron chi connectivity index (χ0n) is 26.0. The number of phenols is 1. The number of nitrogens with zero attached hydrogens (tertiary/aromatic N) is 1. The molecule has 230 valence electrons. The third kappa shape index (κ3) is 4.63. The molecular formula is C42H34FN2OP. The summed E-state index contributed by atoms with van der Waals surface area (Å²) in [6.45, 7) is 0.196. The van der Waals surface area contributed by atoms with E-state index < -0.39 is 12.0 Å². The summed E-state index contributed by atoms with van der Waals surface area (Å²) >= 11 is 0. The molecule has 0 aromatic heterocycles. The van der Waals surface area contributed by atoms with Crippen molar-refractivity contribution in [1.82, 2.24) is 10.2 Å². The van der Waals surface area contributed by atoms with Crippen molar-refractivity contribution in [3.05, 3.63) is 215 Å². The third-order valence-electron chi connectivity index (χ3n) is 9.68. The van der Waals surface area contributed by atoms with E-state index in [4.69, 9.17) is 0 Å². The Morgan fingerprint density at radius 2 is 1.23 bits per heavy atom. The Bertz CT molecular complexity index is 2040. The summed E-state index contributed by atoms with van der Waals surface area (Å²) in [6, 6.07) is 46.9. The minimum absolute atomic E-state index is 0.00396. The Labute approximate surface area is 275 Å². The topological polar surface area (TPSA) is 35.5 Å². The highest BCUT2D eigenvalue weighted by molar-refractivity contribution is 7.82. The van der Waals surface area contributed by atoms with Crippen LogP contribution in [0.25, 0.3) is 5.70 Å². The molecule has 2 N–H and O–H groups in total. The van der Waals surface area contributed by atoms with Gasteiger partial charge in [0.2, 0.25) is 0 Å². The number of aromatic hydroxyl groups is 1. The number of halogens is 1. The molecule has 3 aliphatic rings. The van der Waals surface area contributed by atoms with Crippen LogP contribution in [0.3, 0.4) is 0 Å². The van der Waals surface area contributed by atoms with Gasteiger partial charge in [0.1, 0.15) is 17.7 Å². The van der Waals surface area contributed by atoms with Crippen molar-refractivity contribution in [3.8, 4) is 5.75 Å². The molecule has 3 nitrogen and oxygen atoms in total. The lowest BCUT2D eigenvalue weighted by molar-refractivity contribution is 0.438. The fourth-order valence-corrected chi connectivity index (χ4v) is 12.3. The Morgan fingerprint density at radius 3 is 1.79 bits per heavy atom. The predicted octanol–water partition coefficient (Wildman–Crippen LogP) is 9.27. The standard InChI is InChI=1S/C42H34FN2OP/c1-47(42(33-11-5-2-6-12-33,34-13-7-3-8-14-34)35-15-9-4-10-16-35)29-38(41(47)31-17-22-36(43)23-18-31)32-21-26-40-44-27-39(45(40)28-32)30-19-24-37(46)25-20-30/h2-29,40,44,46H,1H3. The van der Waals surface area contributed by atoms with Gasteiger partial charge in [-0.25, -0.2) is 4.39 Å². The van der Waals surface area contributed by atoms with E-state index in [2.05, 4.69) is 132 Å². The number of rotatable bonds is 7. The van der Waals surface area contributed by atoms with Gasteiger partial charge in [0.15, 0.2) is 0 Å². The Hall–Kier alpha value is -5.31. The van der Waals surface area contributed by atoms with Crippen LogP contribution in [0.5, 0.6) is 5.75 Å². The van der Waals surface area contributed by atoms with Gasteiger partial charge in [-0.15, -0.1) is 0 Å². The molecular weight excluding hydrogens is 598 g/mol. The van der Waals surface area contributed by atoms with Gasteiger partial charge in [-0.3, -0.25) is 0 Å². The molecule has 0 fully saturated rings. The normalized spacial score (nSPS) is 20.0. The summed E-state index contributed by atoms with van der Waals surface area (Å²) in [5.74, 6) is 2.53. The second-order valence-corrected chi connectivity index (χ2v) is 15.8. The molecule has 0 saturated carbocycles. The molecule has 0 amide bonds. The summed E-state index contributed by atoms with van der Waals surface area (Å²) in [7, 11) is 0. The molecule has 5 heteroatoms. The van der Waals surface area contributed by atoms with Gasteiger partial charge in [0.05, 0.1) is 10.9 Å². The number of fused-ring (bicyclic) bond motifs is 1. The fourth-order valence-electron chi connectivity index (χ4n) is 7.60. The van der Waals surface area contributed by atoms with Gasteiger partial charge in [0.25, 0.3) is 0 Å². The maximum absolute atomic E-state index is 14.4. The molecule has 5 aromatic carbocycles. The maximum Gasteiger partial charge on any atom is 0.123 e. The molecule has 2 atom stereocenters. The SMILES string of the molecule is CP1(C(c2ccccc2)(c2ccccc2)c2ccccc2)=C(c2ccc(F)cc2)C(C2=CN3C(c4ccc(O)cc4)=CNC3C=C2)=C1. The molecule has 2 unspecified atom stereocenters. The van der Waals surface area contributed by atoms with E-state index >= 15 is 0 Å². The predicted molar refractivity (Wildman–Crippen MR) is 193 cm³/mol. The van der Waals surface area contributed by atoms with Crippen LogP contribution < -0.4 is 5.32 Å². The van der Waals surface area contributed by atoms with Gasteiger partial charge < -0.3 is 15.3 Å². The molecule has 0 bridgehead atoms. The highest BCUT2D eigenvalue weighted by Crippen LogP contribution is 2.75. The Balaban J connectivity index is 1.37. The quantitative estimate of drug-likeness (QED) is 0.139. The van der Waals surface area contributed by atoms with E-state index in [1.54, 1.807) is 24.3 Å². The minimum Gasteiger partial charge on any atom is -0.508 e. The van der Waals surface area contributed by atoms with E-state index in [0.717, 1.165) is 22.4 Å². The number of nitrogens with one attached hydrogen (secondary N) is 1. The average Bonchev–Trinajstić information content (AvgIpc) is 3.54. The van der Waals surface area contributed by atoms with E-state index in [-0.39, 0.29) is 17.7 Å². The van der Waals surface area contributed by atoms with Crippen LogP contribution in [0, 0.1) is 5.82 Å². The molecule has 0 radical (unpaired) electrons. The Morgan fingerprint density at radius 1 is 0.702 bits per heavy atom. The van der Waals surface area contributed by atoms with Crippen molar-refractivity contribution in [2.45, 2.75) is 11.3 Å². The molecule has 3 heterocycles.